The summed E-state index contributed by atoms with van der Waals surface area (Å²) in [5.74, 6) is 0.641. The van der Waals surface area contributed by atoms with E-state index < -0.39 is 0 Å². The molecule has 1 aromatic carbocycles. The molecule has 0 aromatic heterocycles. The van der Waals surface area contributed by atoms with Crippen molar-refractivity contribution in [2.45, 2.75) is 18.1 Å². The molecule has 1 rings (SSSR count). The monoisotopic (exact) mass is 248 g/mol. The third-order valence-corrected chi connectivity index (χ3v) is 4.58. The van der Waals surface area contributed by atoms with Gasteiger partial charge in [0.05, 0.1) is 4.75 Å². The second-order valence-electron chi connectivity index (χ2n) is 3.29. The standard InChI is InChI=1S/C12H12N2S2/c1-2-12(16-10-14,8-15-9-13)11-6-4-3-5-7-11/h3-7H,2,8H2,1H3. The summed E-state index contributed by atoms with van der Waals surface area (Å²) in [4.78, 5) is 0. The first-order valence-electron chi connectivity index (χ1n) is 4.92. The summed E-state index contributed by atoms with van der Waals surface area (Å²) in [6, 6.07) is 9.93. The van der Waals surface area contributed by atoms with E-state index in [0.29, 0.717) is 5.75 Å². The highest BCUT2D eigenvalue weighted by molar-refractivity contribution is 8.07. The average molecular weight is 248 g/mol. The first-order valence-corrected chi connectivity index (χ1v) is 6.73. The number of nitriles is 2. The lowest BCUT2D eigenvalue weighted by atomic mass is 9.97. The molecule has 0 fully saturated rings. The fraction of sp³-hybridized carbons (Fsp3) is 0.333. The van der Waals surface area contributed by atoms with E-state index in [4.69, 9.17) is 10.5 Å². The molecule has 1 atom stereocenters. The van der Waals surface area contributed by atoms with Crippen molar-refractivity contribution in [2.24, 2.45) is 0 Å². The van der Waals surface area contributed by atoms with Gasteiger partial charge in [0.25, 0.3) is 0 Å². The Hall–Kier alpha value is -1.10. The van der Waals surface area contributed by atoms with Crippen molar-refractivity contribution in [3.8, 4) is 10.8 Å². The molecule has 16 heavy (non-hydrogen) atoms. The SMILES string of the molecule is CCC(CSC#N)(SC#N)c1ccccc1. The lowest BCUT2D eigenvalue weighted by Gasteiger charge is -2.28. The molecule has 4 heteroatoms. The fourth-order valence-electron chi connectivity index (χ4n) is 1.53. The number of rotatable bonds is 5. The van der Waals surface area contributed by atoms with E-state index in [1.807, 2.05) is 30.3 Å². The van der Waals surface area contributed by atoms with E-state index in [9.17, 15) is 0 Å². The molecule has 0 aliphatic heterocycles. The largest absolute Gasteiger partial charge is 0.185 e. The summed E-state index contributed by atoms with van der Waals surface area (Å²) in [6.07, 6.45) is 0.837. The van der Waals surface area contributed by atoms with Gasteiger partial charge in [-0.05, 0) is 35.5 Å². The molecule has 0 amide bonds. The van der Waals surface area contributed by atoms with Crippen molar-refractivity contribution in [2.75, 3.05) is 5.75 Å². The number of thioether (sulfide) groups is 2. The van der Waals surface area contributed by atoms with Crippen molar-refractivity contribution >= 4 is 23.5 Å². The van der Waals surface area contributed by atoms with Gasteiger partial charge in [0, 0.05) is 5.75 Å². The zero-order valence-corrected chi connectivity index (χ0v) is 10.6. The number of nitrogens with zero attached hydrogens (tertiary/aromatic N) is 2. The summed E-state index contributed by atoms with van der Waals surface area (Å²) in [5.41, 5.74) is 1.12. The number of benzene rings is 1. The highest BCUT2D eigenvalue weighted by Crippen LogP contribution is 2.41. The Bertz CT molecular complexity index is 405. The normalized spacial score (nSPS) is 13.4. The van der Waals surface area contributed by atoms with Crippen LogP contribution in [0.15, 0.2) is 30.3 Å². The van der Waals surface area contributed by atoms with Gasteiger partial charge in [-0.15, -0.1) is 0 Å². The molecule has 0 saturated carbocycles. The maximum Gasteiger partial charge on any atom is 0.134 e. The van der Waals surface area contributed by atoms with Gasteiger partial charge in [-0.2, -0.15) is 10.5 Å². The first kappa shape index (κ1) is 13.0. The van der Waals surface area contributed by atoms with E-state index in [1.165, 1.54) is 23.5 Å². The number of hydrogen-bond acceptors (Lipinski definition) is 4. The van der Waals surface area contributed by atoms with E-state index in [1.54, 1.807) is 0 Å². The first-order chi connectivity index (χ1) is 7.79. The number of thiocyanates is 2. The highest BCUT2D eigenvalue weighted by atomic mass is 32.2. The van der Waals surface area contributed by atoms with E-state index >= 15 is 0 Å². The van der Waals surface area contributed by atoms with Crippen LogP contribution in [0.25, 0.3) is 0 Å². The predicted octanol–water partition coefficient (Wildman–Crippen LogP) is 3.72. The minimum Gasteiger partial charge on any atom is -0.185 e. The van der Waals surface area contributed by atoms with Crippen LogP contribution in [0.2, 0.25) is 0 Å². The quantitative estimate of drug-likeness (QED) is 0.745. The van der Waals surface area contributed by atoms with Crippen LogP contribution in [0.5, 0.6) is 0 Å². The zero-order chi connectivity index (χ0) is 11.9. The Kier molecular flexibility index (Phi) is 5.25. The third kappa shape index (κ3) is 2.95. The molecule has 82 valence electrons. The van der Waals surface area contributed by atoms with Crippen LogP contribution in [-0.2, 0) is 4.75 Å². The Morgan fingerprint density at radius 2 is 1.88 bits per heavy atom. The lowest BCUT2D eigenvalue weighted by Crippen LogP contribution is -2.23. The zero-order valence-electron chi connectivity index (χ0n) is 9.01. The second kappa shape index (κ2) is 6.48. The van der Waals surface area contributed by atoms with Crippen molar-refractivity contribution in [1.29, 1.82) is 10.5 Å². The summed E-state index contributed by atoms with van der Waals surface area (Å²) in [7, 11) is 0. The molecule has 0 bridgehead atoms. The topological polar surface area (TPSA) is 47.6 Å². The van der Waals surface area contributed by atoms with Gasteiger partial charge in [0.1, 0.15) is 10.8 Å². The summed E-state index contributed by atoms with van der Waals surface area (Å²) in [5, 5.41) is 21.8. The Morgan fingerprint density at radius 1 is 1.19 bits per heavy atom. The van der Waals surface area contributed by atoms with Crippen LogP contribution < -0.4 is 0 Å². The Morgan fingerprint density at radius 3 is 2.38 bits per heavy atom. The predicted molar refractivity (Wildman–Crippen MR) is 69.7 cm³/mol. The van der Waals surface area contributed by atoms with Gasteiger partial charge < -0.3 is 0 Å². The molecule has 0 N–H and O–H groups in total. The highest BCUT2D eigenvalue weighted by Gasteiger charge is 2.31. The third-order valence-electron chi connectivity index (χ3n) is 2.48. The van der Waals surface area contributed by atoms with Gasteiger partial charge >= 0.3 is 0 Å². The Balaban J connectivity index is 3.03. The van der Waals surface area contributed by atoms with Crippen LogP contribution >= 0.6 is 23.5 Å². The van der Waals surface area contributed by atoms with Crippen molar-refractivity contribution < 1.29 is 0 Å². The maximum atomic E-state index is 8.91. The van der Waals surface area contributed by atoms with Crippen LogP contribution in [0.3, 0.4) is 0 Å². The molecule has 0 aliphatic rings. The van der Waals surface area contributed by atoms with Crippen LogP contribution in [0.1, 0.15) is 18.9 Å². The lowest BCUT2D eigenvalue weighted by molar-refractivity contribution is 0.680. The summed E-state index contributed by atoms with van der Waals surface area (Å²) >= 11 is 2.46. The van der Waals surface area contributed by atoms with Crippen LogP contribution in [-0.4, -0.2) is 5.75 Å². The molecular weight excluding hydrogens is 236 g/mol. The molecule has 0 aliphatic carbocycles. The Labute approximate surface area is 105 Å². The van der Waals surface area contributed by atoms with Crippen LogP contribution in [0.4, 0.5) is 0 Å². The van der Waals surface area contributed by atoms with Gasteiger partial charge in [-0.25, -0.2) is 0 Å². The van der Waals surface area contributed by atoms with E-state index in [-0.39, 0.29) is 4.75 Å². The van der Waals surface area contributed by atoms with Gasteiger partial charge in [0.2, 0.25) is 0 Å². The van der Waals surface area contributed by atoms with Crippen molar-refractivity contribution in [3.63, 3.8) is 0 Å². The molecule has 2 nitrogen and oxygen atoms in total. The second-order valence-corrected chi connectivity index (χ2v) is 5.22. The minimum absolute atomic E-state index is 0.267. The molecular formula is C12H12N2S2. The van der Waals surface area contributed by atoms with Gasteiger partial charge in [-0.3, -0.25) is 0 Å². The smallest absolute Gasteiger partial charge is 0.134 e. The van der Waals surface area contributed by atoms with Crippen molar-refractivity contribution in [3.05, 3.63) is 35.9 Å². The number of hydrogen-bond donors (Lipinski definition) is 0. The van der Waals surface area contributed by atoms with Crippen LogP contribution in [0, 0.1) is 21.3 Å². The molecule has 1 aromatic rings. The fourth-order valence-corrected chi connectivity index (χ4v) is 3.18. The van der Waals surface area contributed by atoms with Gasteiger partial charge in [-0.1, -0.05) is 37.3 Å². The molecule has 0 radical (unpaired) electrons. The van der Waals surface area contributed by atoms with E-state index in [2.05, 4.69) is 17.7 Å². The maximum absolute atomic E-state index is 8.91. The molecule has 1 unspecified atom stereocenters. The van der Waals surface area contributed by atoms with Gasteiger partial charge in [0.15, 0.2) is 0 Å². The van der Waals surface area contributed by atoms with E-state index in [0.717, 1.165) is 12.0 Å². The molecule has 0 saturated heterocycles. The molecule has 0 spiro atoms. The average Bonchev–Trinajstić information content (AvgIpc) is 2.36. The molecule has 0 heterocycles. The van der Waals surface area contributed by atoms with Crippen molar-refractivity contribution in [1.82, 2.24) is 0 Å². The summed E-state index contributed by atoms with van der Waals surface area (Å²) < 4.78 is -0.267. The summed E-state index contributed by atoms with van der Waals surface area (Å²) in [6.45, 7) is 2.05. The minimum atomic E-state index is -0.267.